The number of nitrogens with zero attached hydrogens (tertiary/aromatic N) is 4. The number of rotatable bonds is 4. The van der Waals surface area contributed by atoms with Gasteiger partial charge in [0.25, 0.3) is 0 Å². The Bertz CT molecular complexity index is 886. The van der Waals surface area contributed by atoms with Gasteiger partial charge in [0.15, 0.2) is 0 Å². The first kappa shape index (κ1) is 15.6. The van der Waals surface area contributed by atoms with Crippen molar-refractivity contribution in [2.45, 2.75) is 24.9 Å². The average Bonchev–Trinajstić information content (AvgIpc) is 3.19. The molecule has 3 aromatic heterocycles. The number of hydrogen-bond donors (Lipinski definition) is 1. The Morgan fingerprint density at radius 1 is 1.15 bits per heavy atom. The molecule has 1 N–H and O–H groups in total. The maximum Gasteiger partial charge on any atom is 0.225 e. The molecule has 0 atom stereocenters. The molecule has 26 heavy (non-hydrogen) atoms. The third kappa shape index (κ3) is 2.88. The smallest absolute Gasteiger partial charge is 0.225 e. The fourth-order valence-corrected chi connectivity index (χ4v) is 3.62. The van der Waals surface area contributed by atoms with Crippen LogP contribution >= 0.6 is 0 Å². The van der Waals surface area contributed by atoms with Gasteiger partial charge in [-0.2, -0.15) is 4.98 Å². The minimum absolute atomic E-state index is 0.168. The van der Waals surface area contributed by atoms with Gasteiger partial charge in [0.05, 0.1) is 24.1 Å². The molecule has 0 unspecified atom stereocenters. The molecular formula is C19H21N5O2. The number of anilines is 1. The van der Waals surface area contributed by atoms with Gasteiger partial charge in [-0.25, -0.2) is 4.98 Å². The molecule has 134 valence electrons. The lowest BCUT2D eigenvalue weighted by Gasteiger charge is -2.34. The zero-order valence-electron chi connectivity index (χ0n) is 14.5. The number of fused-ring (bicyclic) bond motifs is 1. The Morgan fingerprint density at radius 2 is 2.04 bits per heavy atom. The van der Waals surface area contributed by atoms with Gasteiger partial charge in [0.1, 0.15) is 17.7 Å². The summed E-state index contributed by atoms with van der Waals surface area (Å²) in [6, 6.07) is 5.99. The largest absolute Gasteiger partial charge is 0.474 e. The van der Waals surface area contributed by atoms with Crippen LogP contribution in [-0.2, 0) is 4.74 Å². The van der Waals surface area contributed by atoms with Crippen LogP contribution in [0.15, 0.2) is 36.8 Å². The highest BCUT2D eigenvalue weighted by Crippen LogP contribution is 2.39. The first-order valence-electron chi connectivity index (χ1n) is 9.11. The molecule has 4 heterocycles. The van der Waals surface area contributed by atoms with Crippen molar-refractivity contribution in [1.29, 1.82) is 0 Å². The van der Waals surface area contributed by atoms with Crippen LogP contribution in [-0.4, -0.2) is 52.3 Å². The summed E-state index contributed by atoms with van der Waals surface area (Å²) >= 11 is 0. The van der Waals surface area contributed by atoms with Gasteiger partial charge in [-0.15, -0.1) is 0 Å². The van der Waals surface area contributed by atoms with Gasteiger partial charge in [0, 0.05) is 43.7 Å². The number of morpholine rings is 1. The number of ether oxygens (including phenoxy) is 2. The first-order valence-corrected chi connectivity index (χ1v) is 9.11. The highest BCUT2D eigenvalue weighted by molar-refractivity contribution is 5.85. The van der Waals surface area contributed by atoms with Crippen LogP contribution in [0, 0.1) is 0 Å². The number of aromatic amines is 1. The SMILES string of the molecule is c1cnc2cc(N3CCOCC3)nc(OC3CC(c4ncc[nH]4)C3)c2c1. The number of nitrogens with one attached hydrogen (secondary N) is 1. The van der Waals surface area contributed by atoms with Crippen LogP contribution in [0.1, 0.15) is 24.6 Å². The summed E-state index contributed by atoms with van der Waals surface area (Å²) in [6.07, 6.45) is 7.57. The monoisotopic (exact) mass is 351 g/mol. The van der Waals surface area contributed by atoms with E-state index in [2.05, 4.69) is 19.9 Å². The van der Waals surface area contributed by atoms with Crippen molar-refractivity contribution in [1.82, 2.24) is 19.9 Å². The predicted octanol–water partition coefficient (Wildman–Crippen LogP) is 2.51. The molecule has 0 aromatic carbocycles. The van der Waals surface area contributed by atoms with Crippen LogP contribution in [0.25, 0.3) is 10.9 Å². The summed E-state index contributed by atoms with van der Waals surface area (Å²) in [5, 5.41) is 0.964. The normalized spacial score (nSPS) is 23.0. The minimum Gasteiger partial charge on any atom is -0.474 e. The minimum atomic E-state index is 0.168. The lowest BCUT2D eigenvalue weighted by molar-refractivity contribution is 0.0923. The van der Waals surface area contributed by atoms with Crippen LogP contribution < -0.4 is 9.64 Å². The molecule has 0 bridgehead atoms. The maximum absolute atomic E-state index is 6.27. The van der Waals surface area contributed by atoms with Gasteiger partial charge in [0.2, 0.25) is 5.88 Å². The first-order chi connectivity index (χ1) is 12.9. The van der Waals surface area contributed by atoms with Gasteiger partial charge in [-0.05, 0) is 25.0 Å². The number of aromatic nitrogens is 4. The summed E-state index contributed by atoms with van der Waals surface area (Å²) < 4.78 is 11.7. The molecule has 1 aliphatic carbocycles. The number of hydrogen-bond acceptors (Lipinski definition) is 6. The third-order valence-corrected chi connectivity index (χ3v) is 5.17. The maximum atomic E-state index is 6.27. The fourth-order valence-electron chi connectivity index (χ4n) is 3.62. The van der Waals surface area contributed by atoms with Crippen molar-refractivity contribution in [3.8, 4) is 5.88 Å². The highest BCUT2D eigenvalue weighted by atomic mass is 16.5. The number of pyridine rings is 2. The molecule has 1 saturated heterocycles. The van der Waals surface area contributed by atoms with Gasteiger partial charge in [-0.1, -0.05) is 0 Å². The predicted molar refractivity (Wildman–Crippen MR) is 97.5 cm³/mol. The second-order valence-electron chi connectivity index (χ2n) is 6.84. The van der Waals surface area contributed by atoms with E-state index in [-0.39, 0.29) is 6.10 Å². The van der Waals surface area contributed by atoms with Crippen molar-refractivity contribution in [2.75, 3.05) is 31.2 Å². The number of H-pyrrole nitrogens is 1. The standard InChI is InChI=1S/C19H21N5O2/c1-2-15-16(20-3-1)12-17(24-6-8-25-9-7-24)23-19(15)26-14-10-13(11-14)18-21-4-5-22-18/h1-5,12-14H,6-11H2,(H,21,22). The molecule has 0 amide bonds. The third-order valence-electron chi connectivity index (χ3n) is 5.17. The summed E-state index contributed by atoms with van der Waals surface area (Å²) in [6.45, 7) is 3.14. The van der Waals surface area contributed by atoms with E-state index >= 15 is 0 Å². The van der Waals surface area contributed by atoms with Crippen molar-refractivity contribution in [3.05, 3.63) is 42.6 Å². The topological polar surface area (TPSA) is 76.2 Å². The van der Waals surface area contributed by atoms with E-state index in [0.29, 0.717) is 11.8 Å². The summed E-state index contributed by atoms with van der Waals surface area (Å²) in [7, 11) is 0. The molecule has 3 aromatic rings. The van der Waals surface area contributed by atoms with E-state index in [1.54, 1.807) is 6.20 Å². The molecule has 7 heteroatoms. The molecule has 1 saturated carbocycles. The Morgan fingerprint density at radius 3 is 2.85 bits per heavy atom. The molecule has 5 rings (SSSR count). The van der Waals surface area contributed by atoms with Crippen LogP contribution in [0.5, 0.6) is 5.88 Å². The van der Waals surface area contributed by atoms with Gasteiger partial charge >= 0.3 is 0 Å². The lowest BCUT2D eigenvalue weighted by Crippen LogP contribution is -2.37. The Balaban J connectivity index is 1.39. The van der Waals surface area contributed by atoms with Crippen molar-refractivity contribution < 1.29 is 9.47 Å². The molecular weight excluding hydrogens is 330 g/mol. The van der Waals surface area contributed by atoms with Crippen molar-refractivity contribution >= 4 is 16.7 Å². The summed E-state index contributed by atoms with van der Waals surface area (Å²) in [5.74, 6) is 3.09. The molecule has 2 aliphatic rings. The zero-order valence-corrected chi connectivity index (χ0v) is 14.5. The molecule has 0 radical (unpaired) electrons. The Hall–Kier alpha value is -2.67. The molecule has 1 aliphatic heterocycles. The van der Waals surface area contributed by atoms with E-state index < -0.39 is 0 Å². The molecule has 0 spiro atoms. The van der Waals surface area contributed by atoms with Crippen LogP contribution in [0.2, 0.25) is 0 Å². The van der Waals surface area contributed by atoms with E-state index in [9.17, 15) is 0 Å². The Kier molecular flexibility index (Phi) is 3.93. The summed E-state index contributed by atoms with van der Waals surface area (Å²) in [5.41, 5.74) is 0.917. The zero-order chi connectivity index (χ0) is 17.3. The second kappa shape index (κ2) is 6.57. The van der Waals surface area contributed by atoms with E-state index in [1.165, 1.54) is 0 Å². The van der Waals surface area contributed by atoms with Crippen molar-refractivity contribution in [3.63, 3.8) is 0 Å². The average molecular weight is 351 g/mol. The highest BCUT2D eigenvalue weighted by Gasteiger charge is 2.34. The fraction of sp³-hybridized carbons (Fsp3) is 0.421. The summed E-state index contributed by atoms with van der Waals surface area (Å²) in [4.78, 5) is 19.1. The van der Waals surface area contributed by atoms with Crippen molar-refractivity contribution in [2.24, 2.45) is 0 Å². The Labute approximate surface area is 151 Å². The van der Waals surface area contributed by atoms with E-state index in [0.717, 1.165) is 61.7 Å². The second-order valence-corrected chi connectivity index (χ2v) is 6.84. The van der Waals surface area contributed by atoms with Gasteiger partial charge < -0.3 is 19.4 Å². The van der Waals surface area contributed by atoms with Crippen LogP contribution in [0.3, 0.4) is 0 Å². The van der Waals surface area contributed by atoms with Gasteiger partial charge in [-0.3, -0.25) is 4.98 Å². The molecule has 7 nitrogen and oxygen atoms in total. The lowest BCUT2D eigenvalue weighted by atomic mass is 9.82. The van der Waals surface area contributed by atoms with Crippen LogP contribution in [0.4, 0.5) is 5.82 Å². The number of imidazole rings is 1. The van der Waals surface area contributed by atoms with E-state index in [4.69, 9.17) is 14.5 Å². The molecule has 2 fully saturated rings. The quantitative estimate of drug-likeness (QED) is 0.778. The van der Waals surface area contributed by atoms with E-state index in [1.807, 2.05) is 30.6 Å².